The van der Waals surface area contributed by atoms with Crippen molar-refractivity contribution in [3.05, 3.63) is 83.1 Å². The van der Waals surface area contributed by atoms with Crippen molar-refractivity contribution < 1.29 is 27.1 Å². The number of para-hydroxylation sites is 1. The number of carbonyl (C=O) groups is 1. The van der Waals surface area contributed by atoms with E-state index in [4.69, 9.17) is 9.15 Å². The summed E-state index contributed by atoms with van der Waals surface area (Å²) in [4.78, 5) is 23.1. The van der Waals surface area contributed by atoms with Crippen LogP contribution in [0.5, 0.6) is 5.75 Å². The van der Waals surface area contributed by atoms with E-state index in [2.05, 4.69) is 9.88 Å². The number of carbonyl (C=O) groups excluding carboxylic acids is 1. The number of hydrogen-bond acceptors (Lipinski definition) is 6. The molecule has 192 valence electrons. The Kier molecular flexibility index (Phi) is 7.95. The number of piperazine rings is 1. The zero-order chi connectivity index (χ0) is 25.7. The highest BCUT2D eigenvalue weighted by atomic mass is 19.4. The number of nitrogens with zero attached hydrogens (tertiary/aromatic N) is 4. The van der Waals surface area contributed by atoms with Crippen molar-refractivity contribution in [2.24, 2.45) is 0 Å². The normalized spacial score (nSPS) is 14.9. The van der Waals surface area contributed by atoms with E-state index < -0.39 is 11.7 Å². The quantitative estimate of drug-likeness (QED) is 0.458. The molecule has 0 N–H and O–H groups in total. The molecule has 1 aliphatic heterocycles. The fourth-order valence-corrected chi connectivity index (χ4v) is 4.19. The second-order valence-electron chi connectivity index (χ2n) is 8.88. The maximum Gasteiger partial charge on any atom is 0.416 e. The summed E-state index contributed by atoms with van der Waals surface area (Å²) in [7, 11) is 3.58. The van der Waals surface area contributed by atoms with Gasteiger partial charge in [-0.25, -0.2) is 4.98 Å². The maximum absolute atomic E-state index is 13.3. The fourth-order valence-electron chi connectivity index (χ4n) is 4.19. The molecule has 1 aliphatic rings. The molecule has 0 saturated carbocycles. The average Bonchev–Trinajstić information content (AvgIpc) is 3.32. The van der Waals surface area contributed by atoms with E-state index in [1.54, 1.807) is 18.1 Å². The Bertz CT molecular complexity index is 1170. The van der Waals surface area contributed by atoms with Crippen LogP contribution in [-0.4, -0.2) is 65.9 Å². The maximum atomic E-state index is 13.3. The molecule has 7 nitrogen and oxygen atoms in total. The van der Waals surface area contributed by atoms with Crippen LogP contribution in [0, 0.1) is 0 Å². The number of methoxy groups -OCH3 is 1. The Morgan fingerprint density at radius 1 is 1.06 bits per heavy atom. The van der Waals surface area contributed by atoms with Crippen LogP contribution in [-0.2, 0) is 25.8 Å². The number of ether oxygens (including phenoxy) is 1. The highest BCUT2D eigenvalue weighted by Crippen LogP contribution is 2.30. The second-order valence-corrected chi connectivity index (χ2v) is 8.88. The third kappa shape index (κ3) is 6.44. The molecule has 2 aromatic carbocycles. The van der Waals surface area contributed by atoms with E-state index >= 15 is 0 Å². The van der Waals surface area contributed by atoms with Crippen LogP contribution in [0.15, 0.2) is 59.2 Å². The molecule has 2 heterocycles. The average molecular weight is 503 g/mol. The minimum Gasteiger partial charge on any atom is -0.496 e. The van der Waals surface area contributed by atoms with E-state index in [0.29, 0.717) is 36.8 Å². The number of aromatic nitrogens is 1. The number of benzene rings is 2. The number of halogens is 3. The largest absolute Gasteiger partial charge is 0.496 e. The number of likely N-dealkylation sites (N-methyl/N-ethyl adjacent to an activating group) is 1. The Morgan fingerprint density at radius 2 is 1.81 bits per heavy atom. The van der Waals surface area contributed by atoms with Crippen molar-refractivity contribution in [2.75, 3.05) is 40.3 Å². The van der Waals surface area contributed by atoms with Gasteiger partial charge >= 0.3 is 6.18 Å². The first-order valence-electron chi connectivity index (χ1n) is 11.7. The van der Waals surface area contributed by atoms with Gasteiger partial charge in [-0.05, 0) is 24.7 Å². The first-order valence-corrected chi connectivity index (χ1v) is 11.7. The van der Waals surface area contributed by atoms with Gasteiger partial charge in [-0.2, -0.15) is 13.2 Å². The van der Waals surface area contributed by atoms with Gasteiger partial charge in [0.2, 0.25) is 5.89 Å². The van der Waals surface area contributed by atoms with Crippen LogP contribution in [0.1, 0.15) is 33.1 Å². The van der Waals surface area contributed by atoms with Gasteiger partial charge in [0.1, 0.15) is 12.0 Å². The van der Waals surface area contributed by atoms with Crippen molar-refractivity contribution in [1.82, 2.24) is 19.7 Å². The molecule has 0 unspecified atom stereocenters. The van der Waals surface area contributed by atoms with Gasteiger partial charge < -0.3 is 19.0 Å². The smallest absolute Gasteiger partial charge is 0.416 e. The molecule has 36 heavy (non-hydrogen) atoms. The summed E-state index contributed by atoms with van der Waals surface area (Å²) in [6, 6.07) is 12.7. The Labute approximate surface area is 208 Å². The van der Waals surface area contributed by atoms with Gasteiger partial charge in [0.25, 0.3) is 5.91 Å². The van der Waals surface area contributed by atoms with Gasteiger partial charge in [0.05, 0.1) is 19.2 Å². The van der Waals surface area contributed by atoms with E-state index in [-0.39, 0.29) is 24.7 Å². The molecular formula is C26H29F3N4O3. The third-order valence-electron chi connectivity index (χ3n) is 6.17. The summed E-state index contributed by atoms with van der Waals surface area (Å²) in [5, 5.41) is 0. The van der Waals surface area contributed by atoms with Gasteiger partial charge in [-0.3, -0.25) is 9.69 Å². The Hall–Kier alpha value is -3.37. The molecule has 1 fully saturated rings. The highest BCUT2D eigenvalue weighted by Gasteiger charge is 2.30. The summed E-state index contributed by atoms with van der Waals surface area (Å²) < 4.78 is 50.8. The summed E-state index contributed by atoms with van der Waals surface area (Å²) in [6.45, 7) is 3.61. The van der Waals surface area contributed by atoms with E-state index in [9.17, 15) is 18.0 Å². The third-order valence-corrected chi connectivity index (χ3v) is 6.17. The lowest BCUT2D eigenvalue weighted by molar-refractivity contribution is -0.137. The van der Waals surface area contributed by atoms with Crippen LogP contribution in [0.3, 0.4) is 0 Å². The van der Waals surface area contributed by atoms with Crippen LogP contribution in [0.4, 0.5) is 13.2 Å². The number of oxazole rings is 1. The van der Waals surface area contributed by atoms with Gasteiger partial charge in [-0.15, -0.1) is 0 Å². The molecule has 1 aromatic heterocycles. The summed E-state index contributed by atoms with van der Waals surface area (Å²) in [6.07, 6.45) is -3.08. The number of rotatable bonds is 8. The summed E-state index contributed by atoms with van der Waals surface area (Å²) in [5.74, 6) is 0.798. The first-order chi connectivity index (χ1) is 17.2. The topological polar surface area (TPSA) is 62.1 Å². The van der Waals surface area contributed by atoms with Gasteiger partial charge in [0, 0.05) is 44.8 Å². The van der Waals surface area contributed by atoms with E-state index in [0.717, 1.165) is 30.8 Å². The van der Waals surface area contributed by atoms with Crippen LogP contribution in [0.25, 0.3) is 0 Å². The summed E-state index contributed by atoms with van der Waals surface area (Å²) >= 11 is 0. The Morgan fingerprint density at radius 3 is 2.53 bits per heavy atom. The molecule has 1 saturated heterocycles. The monoisotopic (exact) mass is 502 g/mol. The lowest BCUT2D eigenvalue weighted by Gasteiger charge is -2.31. The van der Waals surface area contributed by atoms with Crippen molar-refractivity contribution in [3.8, 4) is 5.75 Å². The van der Waals surface area contributed by atoms with Crippen LogP contribution in [0.2, 0.25) is 0 Å². The molecule has 0 radical (unpaired) electrons. The van der Waals surface area contributed by atoms with Crippen molar-refractivity contribution >= 4 is 5.91 Å². The molecule has 0 aliphatic carbocycles. The van der Waals surface area contributed by atoms with Gasteiger partial charge in [0.15, 0.2) is 5.69 Å². The van der Waals surface area contributed by atoms with Crippen molar-refractivity contribution in [1.29, 1.82) is 0 Å². The lowest BCUT2D eigenvalue weighted by atomic mass is 10.1. The zero-order valence-corrected chi connectivity index (χ0v) is 20.3. The molecule has 3 aromatic rings. The minimum absolute atomic E-state index is 0.188. The number of amides is 1. The molecule has 4 rings (SSSR count). The van der Waals surface area contributed by atoms with Crippen LogP contribution >= 0.6 is 0 Å². The molecule has 10 heteroatoms. The van der Waals surface area contributed by atoms with Crippen molar-refractivity contribution in [2.45, 2.75) is 25.8 Å². The highest BCUT2D eigenvalue weighted by molar-refractivity contribution is 5.92. The standard InChI is InChI=1S/C26H29F3N4O3/c1-31-10-12-33(13-11-31)25(34)22-18-36-24(30-22)17-32(16-20-7-3-4-9-23(20)35-2)15-19-6-5-8-21(14-19)26(27,28)29/h3-9,14,18H,10-13,15-17H2,1-2H3. The van der Waals surface area contributed by atoms with E-state index in [1.807, 2.05) is 36.2 Å². The fraction of sp³-hybridized carbons (Fsp3) is 0.385. The predicted molar refractivity (Wildman–Crippen MR) is 127 cm³/mol. The molecule has 1 amide bonds. The lowest BCUT2D eigenvalue weighted by Crippen LogP contribution is -2.47. The van der Waals surface area contributed by atoms with Crippen LogP contribution < -0.4 is 4.74 Å². The first kappa shape index (κ1) is 25.7. The predicted octanol–water partition coefficient (Wildman–Crippen LogP) is 4.29. The van der Waals surface area contributed by atoms with Gasteiger partial charge in [-0.1, -0.05) is 36.4 Å². The molecule has 0 atom stereocenters. The number of alkyl halides is 3. The molecule has 0 bridgehead atoms. The van der Waals surface area contributed by atoms with E-state index in [1.165, 1.54) is 12.3 Å². The van der Waals surface area contributed by atoms with Crippen molar-refractivity contribution in [3.63, 3.8) is 0 Å². The SMILES string of the molecule is COc1ccccc1CN(Cc1cccc(C(F)(F)F)c1)Cc1nc(C(=O)N2CCN(C)CC2)co1. The minimum atomic E-state index is -4.43. The second kappa shape index (κ2) is 11.1. The Balaban J connectivity index is 1.54. The zero-order valence-electron chi connectivity index (χ0n) is 20.3. The molecule has 0 spiro atoms. The molecular weight excluding hydrogens is 473 g/mol. The summed E-state index contributed by atoms with van der Waals surface area (Å²) in [5.41, 5.74) is 0.895. The number of hydrogen-bond donors (Lipinski definition) is 0.